The van der Waals surface area contributed by atoms with Crippen molar-refractivity contribution < 1.29 is 8.42 Å². The summed E-state index contributed by atoms with van der Waals surface area (Å²) in [4.78, 5) is 4.35. The van der Waals surface area contributed by atoms with E-state index < -0.39 is 10.0 Å². The fraction of sp³-hybridized carbons (Fsp3) is 0.455. The first kappa shape index (κ1) is 15.9. The highest BCUT2D eigenvalue weighted by molar-refractivity contribution is 7.99. The molecule has 0 fully saturated rings. The van der Waals surface area contributed by atoms with Crippen LogP contribution in [0.4, 0.5) is 0 Å². The van der Waals surface area contributed by atoms with E-state index in [0.29, 0.717) is 23.3 Å². The van der Waals surface area contributed by atoms with Gasteiger partial charge in [-0.05, 0) is 34.3 Å². The lowest BCUT2D eigenvalue weighted by Gasteiger charge is -2.18. The van der Waals surface area contributed by atoms with Gasteiger partial charge in [-0.2, -0.15) is 4.31 Å². The van der Waals surface area contributed by atoms with Crippen LogP contribution in [0.3, 0.4) is 0 Å². The van der Waals surface area contributed by atoms with Crippen molar-refractivity contribution in [3.05, 3.63) is 18.3 Å². The molecule has 0 amide bonds. The van der Waals surface area contributed by atoms with E-state index >= 15 is 0 Å². The van der Waals surface area contributed by atoms with Crippen LogP contribution in [0.15, 0.2) is 33.4 Å². The lowest BCUT2D eigenvalue weighted by atomic mass is 10.5. The van der Waals surface area contributed by atoms with E-state index in [1.165, 1.54) is 26.9 Å². The molecule has 0 aliphatic carbocycles. The number of tetrazole rings is 1. The Bertz CT molecular complexity index is 694. The molecule has 0 radical (unpaired) electrons. The quantitative estimate of drug-likeness (QED) is 0.773. The molecule has 21 heavy (non-hydrogen) atoms. The largest absolute Gasteiger partial charge is 0.248 e. The van der Waals surface area contributed by atoms with Gasteiger partial charge in [0.1, 0.15) is 9.92 Å². The minimum Gasteiger partial charge on any atom is -0.248 e. The molecule has 0 bridgehead atoms. The van der Waals surface area contributed by atoms with Gasteiger partial charge in [-0.15, -0.1) is 5.10 Å². The Labute approximate surface area is 127 Å². The second kappa shape index (κ2) is 6.50. The van der Waals surface area contributed by atoms with E-state index in [1.807, 2.05) is 0 Å². The second-order valence-corrected chi connectivity index (χ2v) is 7.03. The zero-order chi connectivity index (χ0) is 15.5. The average molecular weight is 328 g/mol. The SMILES string of the molecule is CCN(CC)S(=O)(=O)c1ccc(Sc2nnnn2C)nc1. The Morgan fingerprint density at radius 2 is 2.00 bits per heavy atom. The lowest BCUT2D eigenvalue weighted by Crippen LogP contribution is -2.30. The smallest absolute Gasteiger partial charge is 0.244 e. The number of hydrogen-bond donors (Lipinski definition) is 0. The zero-order valence-corrected chi connectivity index (χ0v) is 13.6. The molecule has 0 spiro atoms. The predicted octanol–water partition coefficient (Wildman–Crippen LogP) is 0.787. The normalized spacial score (nSPS) is 12.0. The van der Waals surface area contributed by atoms with E-state index in [-0.39, 0.29) is 4.90 Å². The van der Waals surface area contributed by atoms with Crippen molar-refractivity contribution >= 4 is 21.8 Å². The Morgan fingerprint density at radius 3 is 2.48 bits per heavy atom. The summed E-state index contributed by atoms with van der Waals surface area (Å²) in [7, 11) is -1.75. The first-order valence-electron chi connectivity index (χ1n) is 6.35. The molecule has 2 rings (SSSR count). The molecular formula is C11H16N6O2S2. The van der Waals surface area contributed by atoms with E-state index in [2.05, 4.69) is 20.5 Å². The highest BCUT2D eigenvalue weighted by Crippen LogP contribution is 2.24. The molecule has 2 aromatic rings. The van der Waals surface area contributed by atoms with Gasteiger partial charge in [0.05, 0.1) is 0 Å². The number of sulfonamides is 1. The molecule has 0 aromatic carbocycles. The van der Waals surface area contributed by atoms with Crippen molar-refractivity contribution in [2.24, 2.45) is 7.05 Å². The molecule has 0 unspecified atom stereocenters. The number of aromatic nitrogens is 5. The monoisotopic (exact) mass is 328 g/mol. The third kappa shape index (κ3) is 3.39. The maximum absolute atomic E-state index is 12.3. The van der Waals surface area contributed by atoms with Gasteiger partial charge in [-0.1, -0.05) is 13.8 Å². The van der Waals surface area contributed by atoms with Crippen LogP contribution in [0.25, 0.3) is 0 Å². The van der Waals surface area contributed by atoms with Gasteiger partial charge in [-0.3, -0.25) is 0 Å². The van der Waals surface area contributed by atoms with Crippen LogP contribution < -0.4 is 0 Å². The van der Waals surface area contributed by atoms with Crippen molar-refractivity contribution in [1.29, 1.82) is 0 Å². The van der Waals surface area contributed by atoms with Gasteiger partial charge in [0.2, 0.25) is 15.2 Å². The molecule has 114 valence electrons. The maximum Gasteiger partial charge on any atom is 0.244 e. The van der Waals surface area contributed by atoms with Crippen LogP contribution in [-0.4, -0.2) is 51.0 Å². The number of rotatable bonds is 6. The molecule has 0 saturated carbocycles. The van der Waals surface area contributed by atoms with Gasteiger partial charge in [0.25, 0.3) is 0 Å². The van der Waals surface area contributed by atoms with Crippen molar-refractivity contribution in [2.75, 3.05) is 13.1 Å². The predicted molar refractivity (Wildman–Crippen MR) is 77.3 cm³/mol. The Morgan fingerprint density at radius 1 is 1.29 bits per heavy atom. The Kier molecular flexibility index (Phi) is 4.91. The molecule has 8 nitrogen and oxygen atoms in total. The summed E-state index contributed by atoms with van der Waals surface area (Å²) in [5, 5.41) is 12.3. The summed E-state index contributed by atoms with van der Waals surface area (Å²) < 4.78 is 27.6. The number of nitrogens with zero attached hydrogens (tertiary/aromatic N) is 6. The molecule has 2 aromatic heterocycles. The van der Waals surface area contributed by atoms with Crippen LogP contribution in [0.5, 0.6) is 0 Å². The Hall–Kier alpha value is -1.52. The van der Waals surface area contributed by atoms with E-state index in [1.54, 1.807) is 33.0 Å². The molecule has 0 atom stereocenters. The average Bonchev–Trinajstić information content (AvgIpc) is 2.86. The third-order valence-electron chi connectivity index (χ3n) is 2.83. The second-order valence-electron chi connectivity index (χ2n) is 4.11. The van der Waals surface area contributed by atoms with E-state index in [9.17, 15) is 8.42 Å². The topological polar surface area (TPSA) is 93.9 Å². The van der Waals surface area contributed by atoms with Crippen LogP contribution in [0, 0.1) is 0 Å². The van der Waals surface area contributed by atoms with Gasteiger partial charge in [-0.25, -0.2) is 18.1 Å². The van der Waals surface area contributed by atoms with Crippen LogP contribution in [-0.2, 0) is 17.1 Å². The number of hydrogen-bond acceptors (Lipinski definition) is 7. The third-order valence-corrected chi connectivity index (χ3v) is 5.84. The molecule has 10 heteroatoms. The molecule has 0 aliphatic heterocycles. The van der Waals surface area contributed by atoms with Gasteiger partial charge in [0.15, 0.2) is 0 Å². The lowest BCUT2D eigenvalue weighted by molar-refractivity contribution is 0.445. The molecule has 0 saturated heterocycles. The van der Waals surface area contributed by atoms with Crippen molar-refractivity contribution in [2.45, 2.75) is 28.9 Å². The van der Waals surface area contributed by atoms with Crippen LogP contribution in [0.2, 0.25) is 0 Å². The summed E-state index contributed by atoms with van der Waals surface area (Å²) in [6, 6.07) is 3.20. The summed E-state index contributed by atoms with van der Waals surface area (Å²) in [5.41, 5.74) is 0. The standard InChI is InChI=1S/C11H16N6O2S2/c1-4-17(5-2)21(18,19)9-6-7-10(12-8-9)20-11-13-14-15-16(11)3/h6-8H,4-5H2,1-3H3. The summed E-state index contributed by atoms with van der Waals surface area (Å²) >= 11 is 1.27. The van der Waals surface area contributed by atoms with Gasteiger partial charge >= 0.3 is 0 Å². The summed E-state index contributed by atoms with van der Waals surface area (Å²) in [6.45, 7) is 4.47. The molecule has 0 N–H and O–H groups in total. The first-order valence-corrected chi connectivity index (χ1v) is 8.61. The molecule has 0 aliphatic rings. The van der Waals surface area contributed by atoms with Crippen molar-refractivity contribution in [1.82, 2.24) is 29.5 Å². The van der Waals surface area contributed by atoms with Crippen LogP contribution >= 0.6 is 11.8 Å². The minimum absolute atomic E-state index is 0.187. The highest BCUT2D eigenvalue weighted by atomic mass is 32.2. The zero-order valence-electron chi connectivity index (χ0n) is 12.0. The van der Waals surface area contributed by atoms with Crippen molar-refractivity contribution in [3.8, 4) is 0 Å². The maximum atomic E-state index is 12.3. The van der Waals surface area contributed by atoms with Crippen molar-refractivity contribution in [3.63, 3.8) is 0 Å². The first-order chi connectivity index (χ1) is 9.98. The highest BCUT2D eigenvalue weighted by Gasteiger charge is 2.21. The van der Waals surface area contributed by atoms with E-state index in [0.717, 1.165) is 0 Å². The fourth-order valence-corrected chi connectivity index (χ4v) is 3.77. The molecular weight excluding hydrogens is 312 g/mol. The van der Waals surface area contributed by atoms with Crippen LogP contribution in [0.1, 0.15) is 13.8 Å². The fourth-order valence-electron chi connectivity index (χ4n) is 1.69. The van der Waals surface area contributed by atoms with Gasteiger partial charge in [0, 0.05) is 26.3 Å². The van der Waals surface area contributed by atoms with Gasteiger partial charge < -0.3 is 0 Å². The molecule has 2 heterocycles. The Balaban J connectivity index is 2.21. The minimum atomic E-state index is -3.47. The summed E-state index contributed by atoms with van der Waals surface area (Å²) in [5.74, 6) is 0. The number of pyridine rings is 1. The number of aryl methyl sites for hydroxylation is 1. The summed E-state index contributed by atoms with van der Waals surface area (Å²) in [6.07, 6.45) is 1.36. The van der Waals surface area contributed by atoms with E-state index in [4.69, 9.17) is 0 Å².